The smallest absolute Gasteiger partial charge is 0.272 e. The van der Waals surface area contributed by atoms with Crippen molar-refractivity contribution in [3.8, 4) is 17.5 Å². The number of alkyl halides is 3. The summed E-state index contributed by atoms with van der Waals surface area (Å²) in [5.74, 6) is 0.427. The number of carbonyl (C=O) groups is 1. The van der Waals surface area contributed by atoms with Crippen molar-refractivity contribution in [1.82, 2.24) is 19.5 Å². The van der Waals surface area contributed by atoms with Crippen LogP contribution in [0, 0.1) is 0 Å². The number of halogens is 4. The van der Waals surface area contributed by atoms with Gasteiger partial charge in [0.2, 0.25) is 5.88 Å². The van der Waals surface area contributed by atoms with Crippen LogP contribution in [0.15, 0.2) is 24.4 Å². The van der Waals surface area contributed by atoms with Gasteiger partial charge in [-0.2, -0.15) is 4.98 Å². The third-order valence-corrected chi connectivity index (χ3v) is 8.43. The summed E-state index contributed by atoms with van der Waals surface area (Å²) >= 11 is 5.92. The molecule has 2 aliphatic rings. The summed E-state index contributed by atoms with van der Waals surface area (Å²) in [5, 5.41) is 0.172. The third-order valence-electron chi connectivity index (χ3n) is 6.57. The fourth-order valence-electron chi connectivity index (χ4n) is 4.42. The number of fused-ring (bicyclic) bond motifs is 1. The van der Waals surface area contributed by atoms with Crippen molar-refractivity contribution in [1.29, 1.82) is 0 Å². The molecule has 3 aromatic rings. The maximum absolute atomic E-state index is 15.2. The molecule has 226 valence electrons. The van der Waals surface area contributed by atoms with Gasteiger partial charge in [0.25, 0.3) is 12.3 Å². The molecule has 0 amide bonds. The van der Waals surface area contributed by atoms with E-state index in [0.717, 1.165) is 0 Å². The number of pyridine rings is 2. The van der Waals surface area contributed by atoms with Crippen LogP contribution in [0.1, 0.15) is 25.6 Å². The van der Waals surface area contributed by atoms with Crippen LogP contribution in [0.25, 0.3) is 11.2 Å². The van der Waals surface area contributed by atoms with Gasteiger partial charge in [0.15, 0.2) is 17.1 Å². The van der Waals surface area contributed by atoms with Crippen LogP contribution in [0.4, 0.5) is 13.2 Å². The Bertz CT molecular complexity index is 1440. The van der Waals surface area contributed by atoms with E-state index in [1.54, 1.807) is 10.6 Å². The molecule has 0 unspecified atom stereocenters. The van der Waals surface area contributed by atoms with Crippen molar-refractivity contribution in [2.24, 2.45) is 5.73 Å². The molecule has 5 heterocycles. The van der Waals surface area contributed by atoms with Gasteiger partial charge in [0.1, 0.15) is 29.1 Å². The maximum Gasteiger partial charge on any atom is 0.272 e. The first-order chi connectivity index (χ1) is 19.5. The number of hydrogen-bond acceptors (Lipinski definition) is 10. The van der Waals surface area contributed by atoms with E-state index in [4.69, 9.17) is 35.6 Å². The number of aromatic nitrogens is 4. The molecule has 41 heavy (non-hydrogen) atoms. The number of hydrogen-bond donors (Lipinski definition) is 1. The molecular formula is C25H31ClF3N5O6S. The molecule has 0 aromatic carbocycles. The Hall–Kier alpha value is -3.01. The summed E-state index contributed by atoms with van der Waals surface area (Å²) in [5.41, 5.74) is 3.12. The number of ether oxygens (including phenoxy) is 3. The minimum atomic E-state index is -3.13. The molecule has 11 nitrogen and oxygen atoms in total. The first-order valence-electron chi connectivity index (χ1n) is 12.4. The van der Waals surface area contributed by atoms with Crippen LogP contribution in [0.3, 0.4) is 0 Å². The molecule has 2 aliphatic heterocycles. The highest BCUT2D eigenvalue weighted by molar-refractivity contribution is 7.91. The minimum Gasteiger partial charge on any atom is -0.482 e. The number of nitrogens with two attached hydrogens (primary N) is 1. The summed E-state index contributed by atoms with van der Waals surface area (Å²) in [4.78, 5) is 21.1. The second kappa shape index (κ2) is 13.3. The van der Waals surface area contributed by atoms with Crippen molar-refractivity contribution in [2.75, 3.05) is 38.4 Å². The van der Waals surface area contributed by atoms with Crippen molar-refractivity contribution in [3.05, 3.63) is 35.2 Å². The van der Waals surface area contributed by atoms with E-state index in [0.29, 0.717) is 24.2 Å². The molecule has 2 fully saturated rings. The van der Waals surface area contributed by atoms with Gasteiger partial charge >= 0.3 is 0 Å². The predicted molar refractivity (Wildman–Crippen MR) is 145 cm³/mol. The van der Waals surface area contributed by atoms with Gasteiger partial charge in [0, 0.05) is 23.7 Å². The molecule has 0 bridgehead atoms. The number of sulfone groups is 1. The average molecular weight is 622 g/mol. The molecule has 2 N–H and O–H groups in total. The van der Waals surface area contributed by atoms with Gasteiger partial charge in [-0.3, -0.25) is 0 Å². The lowest BCUT2D eigenvalue weighted by atomic mass is 9.83. The summed E-state index contributed by atoms with van der Waals surface area (Å²) < 4.78 is 82.2. The topological polar surface area (TPSA) is 149 Å². The summed E-state index contributed by atoms with van der Waals surface area (Å²) in [7, 11) is -1.63. The SMILES string of the molecule is C=O.CC1(c2nc3nc(Oc4ncc(Cl)cc4OCC(F)F)ccc3n2CC2(F)COC2)CCS(=O)(=O)CC1.CN. The maximum atomic E-state index is 15.2. The number of rotatable bonds is 8. The highest BCUT2D eigenvalue weighted by Gasteiger charge is 2.43. The van der Waals surface area contributed by atoms with E-state index < -0.39 is 34.0 Å². The zero-order valence-electron chi connectivity index (χ0n) is 22.5. The molecule has 0 saturated carbocycles. The molecule has 0 radical (unpaired) electrons. The van der Waals surface area contributed by atoms with E-state index in [1.807, 2.05) is 13.7 Å². The second-order valence-corrected chi connectivity index (χ2v) is 12.4. The predicted octanol–water partition coefficient (Wildman–Crippen LogP) is 3.51. The zero-order chi connectivity index (χ0) is 30.4. The Kier molecular flexibility index (Phi) is 10.6. The molecule has 0 aliphatic carbocycles. The van der Waals surface area contributed by atoms with Crippen LogP contribution in [0.2, 0.25) is 5.02 Å². The van der Waals surface area contributed by atoms with Crippen LogP contribution in [-0.2, 0) is 31.3 Å². The van der Waals surface area contributed by atoms with E-state index in [-0.39, 0.29) is 59.4 Å². The Morgan fingerprint density at radius 3 is 2.44 bits per heavy atom. The minimum absolute atomic E-state index is 0.0159. The monoisotopic (exact) mass is 621 g/mol. The van der Waals surface area contributed by atoms with E-state index >= 15 is 4.39 Å². The van der Waals surface area contributed by atoms with Crippen LogP contribution < -0.4 is 15.2 Å². The normalized spacial score (nSPS) is 18.3. The van der Waals surface area contributed by atoms with Crippen LogP contribution >= 0.6 is 11.6 Å². The standard InChI is InChI=1S/C23H24ClF3N4O5S.CH5N.CH2O/c1-22(4-6-37(32,33)7-5-22)21-30-19-15(31(21)11-23(27)12-34-13-23)2-3-18(29-19)36-20-16(35-10-17(25)26)8-14(24)9-28-20;2*1-2/h2-3,8-9,17H,4-7,10-13H2,1H3;2H2,1H3;1H2. The van der Waals surface area contributed by atoms with Crippen molar-refractivity contribution < 1.29 is 40.6 Å². The molecular weight excluding hydrogens is 591 g/mol. The van der Waals surface area contributed by atoms with E-state index in [1.165, 1.54) is 25.4 Å². The summed E-state index contributed by atoms with van der Waals surface area (Å²) in [6, 6.07) is 4.49. The Balaban J connectivity index is 0.00000111. The lowest BCUT2D eigenvalue weighted by molar-refractivity contribution is -0.137. The van der Waals surface area contributed by atoms with Gasteiger partial charge in [-0.25, -0.2) is 31.6 Å². The van der Waals surface area contributed by atoms with Crippen molar-refractivity contribution in [3.63, 3.8) is 0 Å². The van der Waals surface area contributed by atoms with Crippen LogP contribution in [0.5, 0.6) is 17.5 Å². The number of imidazole rings is 1. The fourth-order valence-corrected chi connectivity index (χ4v) is 6.29. The van der Waals surface area contributed by atoms with Gasteiger partial charge in [-0.15, -0.1) is 0 Å². The zero-order valence-corrected chi connectivity index (χ0v) is 24.1. The molecule has 5 rings (SSSR count). The van der Waals surface area contributed by atoms with Gasteiger partial charge < -0.3 is 29.3 Å². The molecule has 0 spiro atoms. The van der Waals surface area contributed by atoms with E-state index in [2.05, 4.69) is 15.7 Å². The second-order valence-electron chi connectivity index (χ2n) is 9.63. The summed E-state index contributed by atoms with van der Waals surface area (Å²) in [6.07, 6.45) is -0.745. The molecule has 3 aromatic heterocycles. The Morgan fingerprint density at radius 2 is 1.85 bits per heavy atom. The van der Waals surface area contributed by atoms with Gasteiger partial charge in [-0.1, -0.05) is 18.5 Å². The molecule has 0 atom stereocenters. The average Bonchev–Trinajstić information content (AvgIpc) is 3.30. The van der Waals surface area contributed by atoms with Crippen LogP contribution in [-0.4, -0.2) is 85.2 Å². The highest BCUT2D eigenvalue weighted by atomic mass is 35.5. The lowest BCUT2D eigenvalue weighted by Gasteiger charge is -2.37. The van der Waals surface area contributed by atoms with Crippen molar-refractivity contribution in [2.45, 2.75) is 43.8 Å². The number of carbonyl (C=O) groups excluding carboxylic acids is 1. The Morgan fingerprint density at radius 1 is 1.20 bits per heavy atom. The molecule has 16 heteroatoms. The van der Waals surface area contributed by atoms with Gasteiger partial charge in [-0.05, 0) is 26.0 Å². The lowest BCUT2D eigenvalue weighted by Crippen LogP contribution is -2.49. The van der Waals surface area contributed by atoms with Gasteiger partial charge in [0.05, 0.1) is 41.8 Å². The quantitative estimate of drug-likeness (QED) is 0.396. The largest absolute Gasteiger partial charge is 0.482 e. The first-order valence-corrected chi connectivity index (χ1v) is 14.6. The summed E-state index contributed by atoms with van der Waals surface area (Å²) in [6.45, 7) is 2.93. The van der Waals surface area contributed by atoms with E-state index in [9.17, 15) is 17.2 Å². The fraction of sp³-hybridized carbons (Fsp3) is 0.520. The molecule has 2 saturated heterocycles. The third kappa shape index (κ3) is 7.64. The van der Waals surface area contributed by atoms with Crippen molar-refractivity contribution >= 4 is 39.4 Å². The first kappa shape index (κ1) is 32.5. The Labute approximate surface area is 240 Å². The highest BCUT2D eigenvalue weighted by Crippen LogP contribution is 2.39. The number of nitrogens with zero attached hydrogens (tertiary/aromatic N) is 4.